The highest BCUT2D eigenvalue weighted by molar-refractivity contribution is 6.24. The van der Waals surface area contributed by atoms with Crippen LogP contribution in [0.2, 0.25) is 0 Å². The predicted octanol–water partition coefficient (Wildman–Crippen LogP) is 5.75. The van der Waals surface area contributed by atoms with Crippen molar-refractivity contribution < 1.29 is 4.79 Å². The fourth-order valence-electron chi connectivity index (χ4n) is 4.79. The van der Waals surface area contributed by atoms with Crippen molar-refractivity contribution in [3.8, 4) is 0 Å². The van der Waals surface area contributed by atoms with Crippen molar-refractivity contribution in [1.29, 1.82) is 0 Å². The molecule has 26 heavy (non-hydrogen) atoms. The summed E-state index contributed by atoms with van der Waals surface area (Å²) in [5.74, 6) is 0.451. The third-order valence-corrected chi connectivity index (χ3v) is 6.87. The van der Waals surface area contributed by atoms with E-state index in [1.165, 1.54) is 24.0 Å². The highest BCUT2D eigenvalue weighted by Crippen LogP contribution is 2.52. The Morgan fingerprint density at radius 1 is 1.04 bits per heavy atom. The average Bonchev–Trinajstić information content (AvgIpc) is 2.67. The molecule has 0 bridgehead atoms. The zero-order valence-electron chi connectivity index (χ0n) is 15.3. The summed E-state index contributed by atoms with van der Waals surface area (Å²) in [6.45, 7) is 2.78. The molecule has 0 unspecified atom stereocenters. The number of halogens is 1. The van der Waals surface area contributed by atoms with Gasteiger partial charge in [0.1, 0.15) is 0 Å². The quantitative estimate of drug-likeness (QED) is 0.619. The van der Waals surface area contributed by atoms with Crippen LogP contribution in [0.4, 0.5) is 0 Å². The Bertz CT molecular complexity index is 773. The summed E-state index contributed by atoms with van der Waals surface area (Å²) in [5, 5.41) is 0. The minimum atomic E-state index is -0.164. The molecule has 3 heteroatoms. The first kappa shape index (κ1) is 17.6. The molecule has 1 amide bonds. The zero-order valence-corrected chi connectivity index (χ0v) is 16.1. The summed E-state index contributed by atoms with van der Waals surface area (Å²) >= 11 is 7.12. The second-order valence-electron chi connectivity index (χ2n) is 7.86. The van der Waals surface area contributed by atoms with Gasteiger partial charge in [-0.2, -0.15) is 0 Å². The molecule has 0 spiro atoms. The number of benzene rings is 2. The molecule has 2 nitrogen and oxygen atoms in total. The maximum Gasteiger partial charge on any atom is 0.254 e. The Morgan fingerprint density at radius 2 is 1.77 bits per heavy atom. The number of nitrogens with zero attached hydrogens (tertiary/aromatic N) is 1. The lowest BCUT2D eigenvalue weighted by Crippen LogP contribution is -2.53. The summed E-state index contributed by atoms with van der Waals surface area (Å²) < 4.78 is 0. The smallest absolute Gasteiger partial charge is 0.254 e. The molecule has 1 aliphatic heterocycles. The fourth-order valence-corrected chi connectivity index (χ4v) is 5.24. The van der Waals surface area contributed by atoms with E-state index in [-0.39, 0.29) is 16.8 Å². The standard InChI is InChI=1S/C23H26ClNO/c1-17-10-12-19(13-11-17)22(26)25-16-15-23(24)14-6-5-9-20(23)21(25)18-7-3-2-4-8-18/h2-4,7-8,10-13,20-21H,5-6,9,14-16H2,1H3/t20-,21+,23+/m1/s1. The number of piperidine rings is 1. The van der Waals surface area contributed by atoms with Crippen molar-refractivity contribution in [2.24, 2.45) is 5.92 Å². The summed E-state index contributed by atoms with van der Waals surface area (Å²) in [6, 6.07) is 18.5. The van der Waals surface area contributed by atoms with Crippen LogP contribution < -0.4 is 0 Å². The third kappa shape index (κ3) is 3.16. The highest BCUT2D eigenvalue weighted by Gasteiger charge is 2.50. The second kappa shape index (κ2) is 7.08. The fraction of sp³-hybridized carbons (Fsp3) is 0.435. The Balaban J connectivity index is 1.72. The Kier molecular flexibility index (Phi) is 4.79. The molecule has 3 atom stereocenters. The molecule has 1 saturated heterocycles. The van der Waals surface area contributed by atoms with Crippen LogP contribution in [0.3, 0.4) is 0 Å². The molecule has 136 valence electrons. The normalized spacial score (nSPS) is 28.5. The minimum absolute atomic E-state index is 0.0663. The largest absolute Gasteiger partial charge is 0.331 e. The molecule has 4 rings (SSSR count). The maximum absolute atomic E-state index is 13.4. The van der Waals surface area contributed by atoms with E-state index in [0.29, 0.717) is 5.92 Å². The molecule has 0 N–H and O–H groups in total. The first-order valence-electron chi connectivity index (χ1n) is 9.70. The third-order valence-electron chi connectivity index (χ3n) is 6.21. The van der Waals surface area contributed by atoms with E-state index in [0.717, 1.165) is 31.4 Å². The molecule has 0 aromatic heterocycles. The van der Waals surface area contributed by atoms with E-state index in [9.17, 15) is 4.79 Å². The predicted molar refractivity (Wildman–Crippen MR) is 107 cm³/mol. The molecule has 1 saturated carbocycles. The second-order valence-corrected chi connectivity index (χ2v) is 8.61. The lowest BCUT2D eigenvalue weighted by atomic mass is 9.68. The molecule has 1 aliphatic carbocycles. The van der Waals surface area contributed by atoms with Crippen LogP contribution in [-0.2, 0) is 0 Å². The average molecular weight is 368 g/mol. The van der Waals surface area contributed by atoms with Crippen molar-refractivity contribution in [3.63, 3.8) is 0 Å². The van der Waals surface area contributed by atoms with Crippen LogP contribution in [-0.4, -0.2) is 22.2 Å². The Hall–Kier alpha value is -1.80. The van der Waals surface area contributed by atoms with E-state index in [2.05, 4.69) is 29.2 Å². The zero-order chi connectivity index (χ0) is 18.1. The first-order chi connectivity index (χ1) is 12.6. The topological polar surface area (TPSA) is 20.3 Å². The van der Waals surface area contributed by atoms with Gasteiger partial charge in [0.05, 0.1) is 10.9 Å². The summed E-state index contributed by atoms with van der Waals surface area (Å²) in [7, 11) is 0. The molecule has 2 fully saturated rings. The van der Waals surface area contributed by atoms with Gasteiger partial charge in [0.15, 0.2) is 0 Å². The van der Waals surface area contributed by atoms with Crippen LogP contribution in [0.25, 0.3) is 0 Å². The number of amides is 1. The van der Waals surface area contributed by atoms with E-state index >= 15 is 0 Å². The van der Waals surface area contributed by atoms with Crippen molar-refractivity contribution in [2.45, 2.75) is 49.9 Å². The van der Waals surface area contributed by atoms with Crippen molar-refractivity contribution >= 4 is 17.5 Å². The Morgan fingerprint density at radius 3 is 2.50 bits per heavy atom. The van der Waals surface area contributed by atoms with Crippen molar-refractivity contribution in [1.82, 2.24) is 4.90 Å². The van der Waals surface area contributed by atoms with Crippen molar-refractivity contribution in [2.75, 3.05) is 6.54 Å². The molecular formula is C23H26ClNO. The lowest BCUT2D eigenvalue weighted by molar-refractivity contribution is 0.0279. The molecule has 2 aromatic carbocycles. The van der Waals surface area contributed by atoms with Gasteiger partial charge in [-0.15, -0.1) is 11.6 Å². The van der Waals surface area contributed by atoms with Crippen LogP contribution in [0.1, 0.15) is 59.6 Å². The van der Waals surface area contributed by atoms with E-state index < -0.39 is 0 Å². The molecule has 2 aliphatic rings. The van der Waals surface area contributed by atoms with E-state index in [1.807, 2.05) is 37.3 Å². The maximum atomic E-state index is 13.4. The van der Waals surface area contributed by atoms with Crippen molar-refractivity contribution in [3.05, 3.63) is 71.3 Å². The van der Waals surface area contributed by atoms with Gasteiger partial charge in [-0.25, -0.2) is 0 Å². The van der Waals surface area contributed by atoms with E-state index in [1.54, 1.807) is 0 Å². The number of fused-ring (bicyclic) bond motifs is 1. The number of carbonyl (C=O) groups is 1. The van der Waals surface area contributed by atoms with Gasteiger partial charge in [0.2, 0.25) is 0 Å². The summed E-state index contributed by atoms with van der Waals surface area (Å²) in [6.07, 6.45) is 5.46. The summed E-state index contributed by atoms with van der Waals surface area (Å²) in [5.41, 5.74) is 3.16. The number of hydrogen-bond donors (Lipinski definition) is 0. The van der Waals surface area contributed by atoms with Gasteiger partial charge in [0, 0.05) is 18.0 Å². The van der Waals surface area contributed by atoms with Gasteiger partial charge < -0.3 is 4.90 Å². The molecule has 2 aromatic rings. The van der Waals surface area contributed by atoms with Crippen LogP contribution >= 0.6 is 11.6 Å². The van der Waals surface area contributed by atoms with Crippen LogP contribution in [0, 0.1) is 12.8 Å². The van der Waals surface area contributed by atoms with Crippen LogP contribution in [0.5, 0.6) is 0 Å². The number of likely N-dealkylation sites (tertiary alicyclic amines) is 1. The van der Waals surface area contributed by atoms with Gasteiger partial charge in [0.25, 0.3) is 5.91 Å². The Labute approximate surface area is 161 Å². The van der Waals surface area contributed by atoms with Gasteiger partial charge in [-0.05, 0) is 43.9 Å². The van der Waals surface area contributed by atoms with Gasteiger partial charge in [-0.1, -0.05) is 60.9 Å². The van der Waals surface area contributed by atoms with Gasteiger partial charge >= 0.3 is 0 Å². The first-order valence-corrected chi connectivity index (χ1v) is 10.1. The summed E-state index contributed by atoms with van der Waals surface area (Å²) in [4.78, 5) is 15.3. The molecule has 1 heterocycles. The number of rotatable bonds is 2. The SMILES string of the molecule is Cc1ccc(C(=O)N2CC[C@@]3(Cl)CCCC[C@@H]3[C@@H]2c2ccccc2)cc1. The molecular weight excluding hydrogens is 342 g/mol. The van der Waals surface area contributed by atoms with E-state index in [4.69, 9.17) is 11.6 Å². The highest BCUT2D eigenvalue weighted by atomic mass is 35.5. The number of carbonyl (C=O) groups excluding carboxylic acids is 1. The lowest BCUT2D eigenvalue weighted by Gasteiger charge is -2.52. The number of aryl methyl sites for hydroxylation is 1. The molecule has 0 radical (unpaired) electrons. The van der Waals surface area contributed by atoms with Gasteiger partial charge in [-0.3, -0.25) is 4.79 Å². The minimum Gasteiger partial charge on any atom is -0.331 e. The number of hydrogen-bond acceptors (Lipinski definition) is 1. The monoisotopic (exact) mass is 367 g/mol. The van der Waals surface area contributed by atoms with Crippen LogP contribution in [0.15, 0.2) is 54.6 Å². The number of alkyl halides is 1.